The summed E-state index contributed by atoms with van der Waals surface area (Å²) < 4.78 is 20.2. The van der Waals surface area contributed by atoms with Gasteiger partial charge in [-0.3, -0.25) is 0 Å². The third kappa shape index (κ3) is 3.52. The molecule has 0 unspecified atom stereocenters. The van der Waals surface area contributed by atoms with Crippen molar-refractivity contribution in [1.82, 2.24) is 0 Å². The van der Waals surface area contributed by atoms with Crippen LogP contribution in [0.4, 0.5) is 4.39 Å². The van der Waals surface area contributed by atoms with E-state index in [1.165, 1.54) is 6.07 Å². The lowest BCUT2D eigenvalue weighted by atomic mass is 10.2. The Kier molecular flexibility index (Phi) is 4.50. The lowest BCUT2D eigenvalue weighted by Crippen LogP contribution is -2.14. The highest BCUT2D eigenvalue weighted by Gasteiger charge is 2.12. The molecule has 2 rings (SSSR count). The molecule has 0 saturated heterocycles. The van der Waals surface area contributed by atoms with Gasteiger partial charge in [-0.05, 0) is 29.8 Å². The fourth-order valence-electron chi connectivity index (χ4n) is 1.65. The number of rotatable bonds is 4. The number of ether oxygens (including phenoxy) is 1. The third-order valence-corrected chi connectivity index (χ3v) is 3.20. The van der Waals surface area contributed by atoms with E-state index in [1.54, 1.807) is 12.1 Å². The van der Waals surface area contributed by atoms with E-state index in [-0.39, 0.29) is 10.6 Å². The van der Waals surface area contributed by atoms with Crippen LogP contribution >= 0.6 is 28.1 Å². The third-order valence-electron chi connectivity index (χ3n) is 2.51. The molecular formula is C14H11BrFNOS. The van der Waals surface area contributed by atoms with Gasteiger partial charge in [0.2, 0.25) is 0 Å². The fourth-order valence-corrected chi connectivity index (χ4v) is 2.30. The molecule has 2 aromatic rings. The summed E-state index contributed by atoms with van der Waals surface area (Å²) in [6, 6.07) is 12.2. The van der Waals surface area contributed by atoms with Crippen molar-refractivity contribution in [3.8, 4) is 5.75 Å². The maximum absolute atomic E-state index is 13.6. The summed E-state index contributed by atoms with van der Waals surface area (Å²) in [7, 11) is 0. The van der Waals surface area contributed by atoms with E-state index in [4.69, 9.17) is 22.7 Å². The first-order chi connectivity index (χ1) is 9.08. The molecule has 0 radical (unpaired) electrons. The molecule has 98 valence electrons. The van der Waals surface area contributed by atoms with Crippen molar-refractivity contribution in [1.29, 1.82) is 0 Å². The molecule has 0 amide bonds. The van der Waals surface area contributed by atoms with Crippen LogP contribution in [0.15, 0.2) is 46.9 Å². The Morgan fingerprint density at radius 3 is 2.68 bits per heavy atom. The lowest BCUT2D eigenvalue weighted by Gasteiger charge is -2.11. The van der Waals surface area contributed by atoms with E-state index in [1.807, 2.05) is 24.3 Å². The van der Waals surface area contributed by atoms with Crippen molar-refractivity contribution in [2.45, 2.75) is 6.61 Å². The normalized spacial score (nSPS) is 10.2. The molecule has 0 bridgehead atoms. The van der Waals surface area contributed by atoms with Crippen molar-refractivity contribution in [3.05, 3.63) is 63.9 Å². The molecule has 0 aliphatic carbocycles. The SMILES string of the molecule is NC(=S)c1c(F)cccc1OCc1cccc(Br)c1. The zero-order valence-corrected chi connectivity index (χ0v) is 12.3. The van der Waals surface area contributed by atoms with Crippen LogP contribution in [0.1, 0.15) is 11.1 Å². The molecule has 2 nitrogen and oxygen atoms in total. The maximum Gasteiger partial charge on any atom is 0.137 e. The van der Waals surface area contributed by atoms with Gasteiger partial charge in [0, 0.05) is 4.47 Å². The molecular weight excluding hydrogens is 329 g/mol. The lowest BCUT2D eigenvalue weighted by molar-refractivity contribution is 0.304. The van der Waals surface area contributed by atoms with Crippen molar-refractivity contribution >= 4 is 33.1 Å². The second-order valence-electron chi connectivity index (χ2n) is 3.90. The standard InChI is InChI=1S/C14H11BrFNOS/c15-10-4-1-3-9(7-10)8-18-12-6-2-5-11(16)13(12)14(17)19/h1-7H,8H2,(H2,17,19). The minimum absolute atomic E-state index is 0.0117. The van der Waals surface area contributed by atoms with Gasteiger partial charge in [0.25, 0.3) is 0 Å². The highest BCUT2D eigenvalue weighted by Crippen LogP contribution is 2.23. The minimum Gasteiger partial charge on any atom is -0.488 e. The van der Waals surface area contributed by atoms with Crippen LogP contribution < -0.4 is 10.5 Å². The molecule has 0 aliphatic rings. The second kappa shape index (κ2) is 6.12. The zero-order chi connectivity index (χ0) is 13.8. The zero-order valence-electron chi connectivity index (χ0n) is 9.90. The van der Waals surface area contributed by atoms with Gasteiger partial charge in [-0.1, -0.05) is 46.3 Å². The monoisotopic (exact) mass is 339 g/mol. The van der Waals surface area contributed by atoms with Crippen molar-refractivity contribution in [2.75, 3.05) is 0 Å². The molecule has 19 heavy (non-hydrogen) atoms. The first kappa shape index (κ1) is 14.0. The summed E-state index contributed by atoms with van der Waals surface area (Å²) in [5.41, 5.74) is 6.62. The molecule has 0 spiro atoms. The molecule has 0 heterocycles. The van der Waals surface area contributed by atoms with Crippen LogP contribution in [0.25, 0.3) is 0 Å². The van der Waals surface area contributed by atoms with Crippen LogP contribution in [0.2, 0.25) is 0 Å². The first-order valence-electron chi connectivity index (χ1n) is 5.53. The van der Waals surface area contributed by atoms with Gasteiger partial charge in [-0.25, -0.2) is 4.39 Å². The van der Waals surface area contributed by atoms with Gasteiger partial charge in [0.1, 0.15) is 23.2 Å². The summed E-state index contributed by atoms with van der Waals surface area (Å²) in [4.78, 5) is -0.0117. The molecule has 0 aliphatic heterocycles. The highest BCUT2D eigenvalue weighted by atomic mass is 79.9. The van der Waals surface area contributed by atoms with E-state index in [0.717, 1.165) is 10.0 Å². The van der Waals surface area contributed by atoms with Gasteiger partial charge in [0.15, 0.2) is 0 Å². The van der Waals surface area contributed by atoms with E-state index < -0.39 is 5.82 Å². The summed E-state index contributed by atoms with van der Waals surface area (Å²) >= 11 is 8.22. The quantitative estimate of drug-likeness (QED) is 0.860. The van der Waals surface area contributed by atoms with Crippen LogP contribution in [0.3, 0.4) is 0 Å². The van der Waals surface area contributed by atoms with Crippen LogP contribution in [-0.2, 0) is 6.61 Å². The maximum atomic E-state index is 13.6. The smallest absolute Gasteiger partial charge is 0.137 e. The van der Waals surface area contributed by atoms with Crippen LogP contribution in [-0.4, -0.2) is 4.99 Å². The van der Waals surface area contributed by atoms with Gasteiger partial charge in [-0.2, -0.15) is 0 Å². The summed E-state index contributed by atoms with van der Waals surface area (Å²) in [6.45, 7) is 0.318. The number of nitrogens with two attached hydrogens (primary N) is 1. The average molecular weight is 340 g/mol. The highest BCUT2D eigenvalue weighted by molar-refractivity contribution is 9.10. The summed E-state index contributed by atoms with van der Waals surface area (Å²) in [6.07, 6.45) is 0. The Hall–Kier alpha value is -1.46. The minimum atomic E-state index is -0.473. The van der Waals surface area contributed by atoms with Crippen molar-refractivity contribution < 1.29 is 9.13 Å². The summed E-state index contributed by atoms with van der Waals surface area (Å²) in [5.74, 6) is -0.119. The first-order valence-corrected chi connectivity index (χ1v) is 6.73. The topological polar surface area (TPSA) is 35.2 Å². The average Bonchev–Trinajstić information content (AvgIpc) is 2.36. The predicted octanol–water partition coefficient (Wildman–Crippen LogP) is 3.80. The number of hydrogen-bond acceptors (Lipinski definition) is 2. The molecule has 2 N–H and O–H groups in total. The van der Waals surface area contributed by atoms with Crippen LogP contribution in [0.5, 0.6) is 5.75 Å². The second-order valence-corrected chi connectivity index (χ2v) is 5.25. The molecule has 0 aromatic heterocycles. The van der Waals surface area contributed by atoms with E-state index in [2.05, 4.69) is 15.9 Å². The molecule has 2 aromatic carbocycles. The number of benzene rings is 2. The molecule has 5 heteroatoms. The van der Waals surface area contributed by atoms with Gasteiger partial charge < -0.3 is 10.5 Å². The molecule has 0 atom stereocenters. The number of hydrogen-bond donors (Lipinski definition) is 1. The molecule has 0 saturated carbocycles. The van der Waals surface area contributed by atoms with E-state index in [0.29, 0.717) is 12.4 Å². The fraction of sp³-hybridized carbons (Fsp3) is 0.0714. The Labute approximate surface area is 124 Å². The van der Waals surface area contributed by atoms with Crippen molar-refractivity contribution in [2.24, 2.45) is 5.73 Å². The van der Waals surface area contributed by atoms with Gasteiger partial charge >= 0.3 is 0 Å². The van der Waals surface area contributed by atoms with E-state index in [9.17, 15) is 4.39 Å². The van der Waals surface area contributed by atoms with Crippen LogP contribution in [0, 0.1) is 5.82 Å². The Morgan fingerprint density at radius 1 is 1.26 bits per heavy atom. The Bertz CT molecular complexity index is 618. The van der Waals surface area contributed by atoms with E-state index >= 15 is 0 Å². The largest absolute Gasteiger partial charge is 0.488 e. The molecule has 0 fully saturated rings. The van der Waals surface area contributed by atoms with Gasteiger partial charge in [0.05, 0.1) is 5.56 Å². The van der Waals surface area contributed by atoms with Crippen molar-refractivity contribution in [3.63, 3.8) is 0 Å². The Balaban J connectivity index is 2.20. The predicted molar refractivity (Wildman–Crippen MR) is 80.8 cm³/mol. The number of thiocarbonyl (C=S) groups is 1. The Morgan fingerprint density at radius 2 is 2.00 bits per heavy atom. The number of halogens is 2. The van der Waals surface area contributed by atoms with Gasteiger partial charge in [-0.15, -0.1) is 0 Å². The summed E-state index contributed by atoms with van der Waals surface area (Å²) in [5, 5.41) is 0.